The van der Waals surface area contributed by atoms with Crippen molar-refractivity contribution in [1.29, 1.82) is 0 Å². The zero-order chi connectivity index (χ0) is 20.5. The van der Waals surface area contributed by atoms with Gasteiger partial charge in [0.2, 0.25) is 5.75 Å². The predicted octanol–water partition coefficient (Wildman–Crippen LogP) is 6.60. The molecule has 1 aliphatic carbocycles. The van der Waals surface area contributed by atoms with E-state index in [1.165, 1.54) is 5.57 Å². The van der Waals surface area contributed by atoms with Crippen molar-refractivity contribution >= 4 is 37.7 Å². The smallest absolute Gasteiger partial charge is 0.204 e. The monoisotopic (exact) mass is 451 g/mol. The molecule has 4 nitrogen and oxygen atoms in total. The maximum Gasteiger partial charge on any atom is 0.204 e. The van der Waals surface area contributed by atoms with Crippen LogP contribution < -0.4 is 9.47 Å². The van der Waals surface area contributed by atoms with Gasteiger partial charge in [0.1, 0.15) is 5.76 Å². The first kappa shape index (κ1) is 18.5. The van der Waals surface area contributed by atoms with Crippen molar-refractivity contribution < 1.29 is 14.6 Å². The van der Waals surface area contributed by atoms with E-state index in [9.17, 15) is 5.11 Å². The molecule has 29 heavy (non-hydrogen) atoms. The zero-order valence-corrected chi connectivity index (χ0v) is 18.4. The fourth-order valence-corrected chi connectivity index (χ4v) is 4.81. The lowest BCUT2D eigenvalue weighted by Crippen LogP contribution is -2.22. The van der Waals surface area contributed by atoms with Crippen LogP contribution in [-0.4, -0.2) is 17.2 Å². The van der Waals surface area contributed by atoms with Gasteiger partial charge in [-0.05, 0) is 35.3 Å². The number of ether oxygens (including phenoxy) is 2. The first-order valence-electron chi connectivity index (χ1n) is 9.72. The number of halogens is 1. The summed E-state index contributed by atoms with van der Waals surface area (Å²) in [5, 5.41) is 12.7. The van der Waals surface area contributed by atoms with Crippen molar-refractivity contribution in [2.75, 3.05) is 7.11 Å². The van der Waals surface area contributed by atoms with Gasteiger partial charge in [-0.15, -0.1) is 0 Å². The SMILES string of the molecule is COc1c2c(c3nc4ccc(Br)cc4cc3c1O)C(C)C1=C(CC(C)(C)C=C1)O2. The van der Waals surface area contributed by atoms with Gasteiger partial charge in [-0.3, -0.25) is 0 Å². The number of methoxy groups -OCH3 is 1. The lowest BCUT2D eigenvalue weighted by atomic mass is 9.77. The molecule has 0 amide bonds. The normalized spacial score (nSPS) is 19.8. The Morgan fingerprint density at radius 3 is 2.83 bits per heavy atom. The quantitative estimate of drug-likeness (QED) is 0.423. The molecule has 5 heteroatoms. The van der Waals surface area contributed by atoms with Crippen molar-refractivity contribution in [2.24, 2.45) is 5.41 Å². The average Bonchev–Trinajstić information content (AvgIpc) is 2.66. The topological polar surface area (TPSA) is 51.6 Å². The molecule has 0 saturated heterocycles. The number of pyridine rings is 1. The zero-order valence-electron chi connectivity index (χ0n) is 16.8. The molecule has 0 bridgehead atoms. The minimum absolute atomic E-state index is 0.0318. The highest BCUT2D eigenvalue weighted by atomic mass is 79.9. The van der Waals surface area contributed by atoms with Crippen LogP contribution in [0.25, 0.3) is 21.8 Å². The van der Waals surface area contributed by atoms with Gasteiger partial charge in [0, 0.05) is 33.1 Å². The number of nitrogens with zero attached hydrogens (tertiary/aromatic N) is 1. The molecule has 148 valence electrons. The fourth-order valence-electron chi connectivity index (χ4n) is 4.43. The predicted molar refractivity (Wildman–Crippen MR) is 119 cm³/mol. The molecule has 1 unspecified atom stereocenters. The van der Waals surface area contributed by atoms with Crippen molar-refractivity contribution in [3.63, 3.8) is 0 Å². The average molecular weight is 452 g/mol. The first-order chi connectivity index (χ1) is 13.8. The van der Waals surface area contributed by atoms with Crippen LogP contribution in [0.4, 0.5) is 0 Å². The van der Waals surface area contributed by atoms with Crippen LogP contribution in [0.2, 0.25) is 0 Å². The first-order valence-corrected chi connectivity index (χ1v) is 10.5. The second kappa shape index (κ2) is 6.23. The van der Waals surface area contributed by atoms with E-state index in [1.54, 1.807) is 7.11 Å². The number of phenols is 1. The number of aromatic hydroxyl groups is 1. The maximum absolute atomic E-state index is 11.0. The van der Waals surface area contributed by atoms with E-state index in [0.717, 1.165) is 38.6 Å². The Labute approximate surface area is 178 Å². The number of allylic oxidation sites excluding steroid dienone is 4. The highest BCUT2D eigenvalue weighted by Gasteiger charge is 2.36. The summed E-state index contributed by atoms with van der Waals surface area (Å²) in [6.07, 6.45) is 5.23. The molecule has 0 saturated carbocycles. The van der Waals surface area contributed by atoms with Crippen LogP contribution >= 0.6 is 15.9 Å². The summed E-state index contributed by atoms with van der Waals surface area (Å²) < 4.78 is 13.0. The Hall–Kier alpha value is -2.53. The number of fused-ring (bicyclic) bond motifs is 4. The summed E-state index contributed by atoms with van der Waals surface area (Å²) in [7, 11) is 1.56. The van der Waals surface area contributed by atoms with Crippen LogP contribution in [0.1, 0.15) is 38.7 Å². The number of aromatic nitrogens is 1. The number of hydrogen-bond acceptors (Lipinski definition) is 4. The summed E-state index contributed by atoms with van der Waals surface area (Å²) in [5.74, 6) is 2.04. The van der Waals surface area contributed by atoms with Gasteiger partial charge in [0.25, 0.3) is 0 Å². The highest BCUT2D eigenvalue weighted by Crippen LogP contribution is 2.55. The van der Waals surface area contributed by atoms with Crippen LogP contribution in [0.3, 0.4) is 0 Å². The Balaban J connectivity index is 1.83. The van der Waals surface area contributed by atoms with Crippen LogP contribution in [0.15, 0.2) is 52.2 Å². The van der Waals surface area contributed by atoms with Crippen LogP contribution in [0.5, 0.6) is 17.2 Å². The largest absolute Gasteiger partial charge is 0.504 e. The molecule has 0 fully saturated rings. The number of rotatable bonds is 1. The summed E-state index contributed by atoms with van der Waals surface area (Å²) in [5.41, 5.74) is 3.79. The number of hydrogen-bond donors (Lipinski definition) is 1. The number of phenolic OH excluding ortho intramolecular Hbond substituents is 1. The molecule has 1 aromatic heterocycles. The van der Waals surface area contributed by atoms with Gasteiger partial charge < -0.3 is 14.6 Å². The second-order valence-corrected chi connectivity index (χ2v) is 9.46. The molecule has 5 rings (SSSR count). The Morgan fingerprint density at radius 1 is 1.28 bits per heavy atom. The fraction of sp³-hybridized carbons (Fsp3) is 0.292. The van der Waals surface area contributed by atoms with Gasteiger partial charge in [0.05, 0.1) is 18.1 Å². The van der Waals surface area contributed by atoms with Gasteiger partial charge in [-0.2, -0.15) is 0 Å². The summed E-state index contributed by atoms with van der Waals surface area (Å²) >= 11 is 3.51. The molecule has 1 atom stereocenters. The van der Waals surface area contributed by atoms with Crippen LogP contribution in [0, 0.1) is 5.41 Å². The third kappa shape index (κ3) is 2.75. The molecule has 0 radical (unpaired) electrons. The standard InChI is InChI=1S/C24H22BrNO3/c1-12-15-7-8-24(2,3)11-18(15)29-22-19(12)20-16(21(27)23(22)28-4)10-13-9-14(25)5-6-17(13)26-20/h5-10,12,27H,11H2,1-4H3. The van der Waals surface area contributed by atoms with Gasteiger partial charge in [-0.1, -0.05) is 48.9 Å². The van der Waals surface area contributed by atoms with Gasteiger partial charge in [0.15, 0.2) is 11.5 Å². The third-order valence-corrected chi connectivity index (χ3v) is 6.43. The van der Waals surface area contributed by atoms with E-state index in [1.807, 2.05) is 24.3 Å². The molecule has 2 aliphatic rings. The molecular weight excluding hydrogens is 430 g/mol. The minimum Gasteiger partial charge on any atom is -0.504 e. The Morgan fingerprint density at radius 2 is 2.07 bits per heavy atom. The van der Waals surface area contributed by atoms with E-state index in [2.05, 4.69) is 48.9 Å². The second-order valence-electron chi connectivity index (χ2n) is 8.55. The number of benzene rings is 2. The van der Waals surface area contributed by atoms with Gasteiger partial charge in [-0.25, -0.2) is 4.98 Å². The highest BCUT2D eigenvalue weighted by molar-refractivity contribution is 9.10. The molecular formula is C24H22BrNO3. The van der Waals surface area contributed by atoms with E-state index in [4.69, 9.17) is 14.5 Å². The summed E-state index contributed by atoms with van der Waals surface area (Å²) in [6, 6.07) is 7.93. The van der Waals surface area contributed by atoms with Crippen LogP contribution in [-0.2, 0) is 0 Å². The van der Waals surface area contributed by atoms with Crippen molar-refractivity contribution in [1.82, 2.24) is 4.98 Å². The van der Waals surface area contributed by atoms with E-state index >= 15 is 0 Å². The lowest BCUT2D eigenvalue weighted by Gasteiger charge is -2.35. The lowest BCUT2D eigenvalue weighted by molar-refractivity contribution is 0.292. The van der Waals surface area contributed by atoms with Crippen molar-refractivity contribution in [3.05, 3.63) is 57.8 Å². The summed E-state index contributed by atoms with van der Waals surface area (Å²) in [6.45, 7) is 6.55. The summed E-state index contributed by atoms with van der Waals surface area (Å²) in [4.78, 5) is 4.92. The molecule has 2 aromatic carbocycles. The third-order valence-electron chi connectivity index (χ3n) is 5.93. The molecule has 1 N–H and O–H groups in total. The van der Waals surface area contributed by atoms with Gasteiger partial charge >= 0.3 is 0 Å². The minimum atomic E-state index is 0.0318. The maximum atomic E-state index is 11.0. The molecule has 0 spiro atoms. The molecule has 1 aliphatic heterocycles. The van der Waals surface area contributed by atoms with E-state index < -0.39 is 0 Å². The van der Waals surface area contributed by atoms with E-state index in [0.29, 0.717) is 16.9 Å². The molecule has 3 aromatic rings. The molecule has 2 heterocycles. The Kier molecular flexibility index (Phi) is 3.97. The van der Waals surface area contributed by atoms with Crippen molar-refractivity contribution in [2.45, 2.75) is 33.1 Å². The van der Waals surface area contributed by atoms with E-state index in [-0.39, 0.29) is 17.1 Å². The van der Waals surface area contributed by atoms with Crippen molar-refractivity contribution in [3.8, 4) is 17.2 Å². The Bertz CT molecular complexity index is 1260.